The van der Waals surface area contributed by atoms with Crippen molar-refractivity contribution >= 4 is 27.1 Å². The Balaban J connectivity index is 1.89. The zero-order chi connectivity index (χ0) is 19.4. The van der Waals surface area contributed by atoms with E-state index in [0.717, 1.165) is 4.88 Å². The summed E-state index contributed by atoms with van der Waals surface area (Å²) in [5.41, 5.74) is 0.429. The van der Waals surface area contributed by atoms with Gasteiger partial charge in [0.2, 0.25) is 5.82 Å². The second kappa shape index (κ2) is 7.97. The van der Waals surface area contributed by atoms with Gasteiger partial charge in [-0.25, -0.2) is 22.5 Å². The van der Waals surface area contributed by atoms with E-state index in [1.807, 2.05) is 17.5 Å². The van der Waals surface area contributed by atoms with Crippen molar-refractivity contribution in [1.82, 2.24) is 20.1 Å². The standard InChI is InChI=1S/C17H17FN4O3S2/c1-2-27(24,25)10-8-19-17(23)15-20-16(14-7-4-9-26-14)22(21-15)13-6-3-5-12(18)11-13/h3-7,9,11H,2,8,10H2,1H3,(H,19,23). The summed E-state index contributed by atoms with van der Waals surface area (Å²) in [6.45, 7) is 1.52. The number of sulfone groups is 1. The van der Waals surface area contributed by atoms with Crippen LogP contribution in [0.3, 0.4) is 0 Å². The molecule has 0 unspecified atom stereocenters. The number of amides is 1. The Bertz CT molecular complexity index is 1050. The first-order chi connectivity index (χ1) is 12.9. The molecule has 2 heterocycles. The molecule has 1 amide bonds. The van der Waals surface area contributed by atoms with E-state index in [1.54, 1.807) is 19.1 Å². The van der Waals surface area contributed by atoms with Gasteiger partial charge in [-0.1, -0.05) is 19.1 Å². The minimum absolute atomic E-state index is 0.0118. The molecular formula is C17H17FN4O3S2. The predicted molar refractivity (Wildman–Crippen MR) is 101 cm³/mol. The quantitative estimate of drug-likeness (QED) is 0.647. The summed E-state index contributed by atoms with van der Waals surface area (Å²) in [6, 6.07) is 9.46. The topological polar surface area (TPSA) is 94.0 Å². The van der Waals surface area contributed by atoms with Crippen LogP contribution in [0.1, 0.15) is 17.5 Å². The van der Waals surface area contributed by atoms with Crippen LogP contribution in [0.25, 0.3) is 16.4 Å². The van der Waals surface area contributed by atoms with Gasteiger partial charge in [0.1, 0.15) is 5.82 Å². The fraction of sp³-hybridized carbons (Fsp3) is 0.235. The zero-order valence-corrected chi connectivity index (χ0v) is 16.1. The number of thiophene rings is 1. The Kier molecular flexibility index (Phi) is 5.66. The summed E-state index contributed by atoms with van der Waals surface area (Å²) >= 11 is 1.41. The van der Waals surface area contributed by atoms with Crippen LogP contribution >= 0.6 is 11.3 Å². The summed E-state index contributed by atoms with van der Waals surface area (Å²) < 4.78 is 38.1. The molecule has 0 spiro atoms. The van der Waals surface area contributed by atoms with E-state index in [1.165, 1.54) is 28.2 Å². The van der Waals surface area contributed by atoms with Crippen LogP contribution in [0.15, 0.2) is 41.8 Å². The molecule has 0 aliphatic heterocycles. The summed E-state index contributed by atoms with van der Waals surface area (Å²) in [5, 5.41) is 8.56. The number of halogens is 1. The summed E-state index contributed by atoms with van der Waals surface area (Å²) in [7, 11) is -3.18. The van der Waals surface area contributed by atoms with Gasteiger partial charge in [0.05, 0.1) is 16.3 Å². The summed E-state index contributed by atoms with van der Waals surface area (Å²) in [6.07, 6.45) is 0. The molecule has 1 aromatic carbocycles. The Morgan fingerprint density at radius 2 is 2.11 bits per heavy atom. The van der Waals surface area contributed by atoms with Crippen molar-refractivity contribution in [2.24, 2.45) is 0 Å². The lowest BCUT2D eigenvalue weighted by Crippen LogP contribution is -2.30. The molecule has 1 N–H and O–H groups in total. The average Bonchev–Trinajstić information content (AvgIpc) is 3.31. The van der Waals surface area contributed by atoms with Gasteiger partial charge in [0, 0.05) is 12.3 Å². The normalized spacial score (nSPS) is 11.5. The van der Waals surface area contributed by atoms with Crippen LogP contribution in [0.4, 0.5) is 4.39 Å². The van der Waals surface area contributed by atoms with Crippen LogP contribution in [0.2, 0.25) is 0 Å². The van der Waals surface area contributed by atoms with Gasteiger partial charge in [-0.2, -0.15) is 0 Å². The SMILES string of the molecule is CCS(=O)(=O)CCNC(=O)c1nc(-c2cccs2)n(-c2cccc(F)c2)n1. The van der Waals surface area contributed by atoms with Gasteiger partial charge in [-0.15, -0.1) is 16.4 Å². The Morgan fingerprint density at radius 1 is 1.30 bits per heavy atom. The smallest absolute Gasteiger partial charge is 0.291 e. The molecule has 7 nitrogen and oxygen atoms in total. The molecule has 0 atom stereocenters. The van der Waals surface area contributed by atoms with E-state index in [9.17, 15) is 17.6 Å². The van der Waals surface area contributed by atoms with Crippen molar-refractivity contribution in [3.05, 3.63) is 53.4 Å². The summed E-state index contributed by atoms with van der Waals surface area (Å²) in [5.74, 6) is -0.876. The number of hydrogen-bond donors (Lipinski definition) is 1. The Hall–Kier alpha value is -2.59. The van der Waals surface area contributed by atoms with E-state index >= 15 is 0 Å². The van der Waals surface area contributed by atoms with Gasteiger partial charge < -0.3 is 5.32 Å². The number of benzene rings is 1. The largest absolute Gasteiger partial charge is 0.348 e. The number of rotatable bonds is 7. The number of aromatic nitrogens is 3. The van der Waals surface area contributed by atoms with Gasteiger partial charge in [-0.3, -0.25) is 4.79 Å². The maximum Gasteiger partial charge on any atom is 0.291 e. The maximum absolute atomic E-state index is 13.6. The molecule has 3 rings (SSSR count). The minimum atomic E-state index is -3.18. The van der Waals surface area contributed by atoms with Gasteiger partial charge in [-0.05, 0) is 29.6 Å². The lowest BCUT2D eigenvalue weighted by molar-refractivity contribution is 0.0946. The van der Waals surface area contributed by atoms with Gasteiger partial charge in [0.25, 0.3) is 5.91 Å². The average molecular weight is 408 g/mol. The van der Waals surface area contributed by atoms with Crippen LogP contribution in [-0.2, 0) is 9.84 Å². The fourth-order valence-corrected chi connectivity index (χ4v) is 3.71. The monoisotopic (exact) mass is 408 g/mol. The fourth-order valence-electron chi connectivity index (χ4n) is 2.30. The molecule has 0 radical (unpaired) electrons. The Morgan fingerprint density at radius 3 is 2.78 bits per heavy atom. The first kappa shape index (κ1) is 19.2. The van der Waals surface area contributed by atoms with Crippen LogP contribution in [0.5, 0.6) is 0 Å². The first-order valence-electron chi connectivity index (χ1n) is 8.15. The molecule has 10 heteroatoms. The molecule has 0 bridgehead atoms. The Labute approximate surface area is 159 Å². The van der Waals surface area contributed by atoms with E-state index < -0.39 is 21.6 Å². The van der Waals surface area contributed by atoms with E-state index in [0.29, 0.717) is 11.5 Å². The van der Waals surface area contributed by atoms with Crippen molar-refractivity contribution in [1.29, 1.82) is 0 Å². The molecule has 3 aromatic rings. The molecule has 27 heavy (non-hydrogen) atoms. The van der Waals surface area contributed by atoms with E-state index in [2.05, 4.69) is 15.4 Å². The number of hydrogen-bond acceptors (Lipinski definition) is 6. The van der Waals surface area contributed by atoms with Crippen molar-refractivity contribution in [2.45, 2.75) is 6.92 Å². The third-order valence-electron chi connectivity index (χ3n) is 3.74. The van der Waals surface area contributed by atoms with Crippen LogP contribution < -0.4 is 5.32 Å². The van der Waals surface area contributed by atoms with Crippen LogP contribution in [0, 0.1) is 5.82 Å². The highest BCUT2D eigenvalue weighted by atomic mass is 32.2. The molecule has 0 fully saturated rings. The zero-order valence-electron chi connectivity index (χ0n) is 14.4. The molecule has 0 saturated heterocycles. The lowest BCUT2D eigenvalue weighted by atomic mass is 10.3. The van der Waals surface area contributed by atoms with Crippen molar-refractivity contribution < 1.29 is 17.6 Å². The number of carbonyl (C=O) groups excluding carboxylic acids is 1. The third-order valence-corrected chi connectivity index (χ3v) is 6.31. The number of carbonyl (C=O) groups is 1. The van der Waals surface area contributed by atoms with Crippen LogP contribution in [-0.4, -0.2) is 47.1 Å². The lowest BCUT2D eigenvalue weighted by Gasteiger charge is -2.04. The predicted octanol–water partition coefficient (Wildman–Crippen LogP) is 2.30. The van der Waals surface area contributed by atoms with E-state index in [4.69, 9.17) is 0 Å². The second-order valence-corrected chi connectivity index (χ2v) is 9.04. The second-order valence-electron chi connectivity index (χ2n) is 5.62. The van der Waals surface area contributed by atoms with Crippen molar-refractivity contribution in [3.8, 4) is 16.4 Å². The summed E-state index contributed by atoms with van der Waals surface area (Å²) in [4.78, 5) is 17.4. The molecule has 0 aliphatic carbocycles. The highest BCUT2D eigenvalue weighted by Gasteiger charge is 2.20. The van der Waals surface area contributed by atoms with Gasteiger partial charge >= 0.3 is 0 Å². The number of nitrogens with one attached hydrogen (secondary N) is 1. The highest BCUT2D eigenvalue weighted by molar-refractivity contribution is 7.91. The molecular weight excluding hydrogens is 391 g/mol. The number of nitrogens with zero attached hydrogens (tertiary/aromatic N) is 3. The molecule has 142 valence electrons. The van der Waals surface area contributed by atoms with E-state index in [-0.39, 0.29) is 23.9 Å². The third kappa shape index (κ3) is 4.58. The first-order valence-corrected chi connectivity index (χ1v) is 10.9. The maximum atomic E-state index is 13.6. The highest BCUT2D eigenvalue weighted by Crippen LogP contribution is 2.25. The molecule has 0 saturated carbocycles. The van der Waals surface area contributed by atoms with Crippen molar-refractivity contribution in [3.63, 3.8) is 0 Å². The van der Waals surface area contributed by atoms with Crippen molar-refractivity contribution in [2.75, 3.05) is 18.1 Å². The molecule has 2 aromatic heterocycles. The molecule has 0 aliphatic rings. The van der Waals surface area contributed by atoms with Gasteiger partial charge in [0.15, 0.2) is 15.7 Å². The minimum Gasteiger partial charge on any atom is -0.348 e.